The summed E-state index contributed by atoms with van der Waals surface area (Å²) in [4.78, 5) is 11.1. The van der Waals surface area contributed by atoms with Crippen molar-refractivity contribution in [1.29, 1.82) is 0 Å². The van der Waals surface area contributed by atoms with Gasteiger partial charge in [-0.05, 0) is 36.4 Å². The molecule has 0 aromatic heterocycles. The molecule has 0 fully saturated rings. The number of hydrogen-bond acceptors (Lipinski definition) is 1. The van der Waals surface area contributed by atoms with Crippen LogP contribution in [-0.4, -0.2) is 11.1 Å². The van der Waals surface area contributed by atoms with E-state index < -0.39 is 11.8 Å². The molecule has 2 aromatic rings. The number of halogens is 3. The van der Waals surface area contributed by atoms with Gasteiger partial charge in [0.25, 0.3) is 0 Å². The first kappa shape index (κ1) is 13.1. The molecular weight excluding hydrogens is 322 g/mol. The lowest BCUT2D eigenvalue weighted by molar-refractivity contribution is 0.0698. The van der Waals surface area contributed by atoms with Gasteiger partial charge in [-0.2, -0.15) is 0 Å². The summed E-state index contributed by atoms with van der Waals surface area (Å²) in [7, 11) is 0. The number of carbonyl (C=O) groups is 1. The molecule has 18 heavy (non-hydrogen) atoms. The molecule has 92 valence electrons. The molecule has 0 bridgehead atoms. The molecule has 2 aromatic carbocycles. The van der Waals surface area contributed by atoms with Gasteiger partial charge in [0, 0.05) is 20.6 Å². The van der Waals surface area contributed by atoms with Crippen LogP contribution in [0.3, 0.4) is 0 Å². The first-order valence-electron chi connectivity index (χ1n) is 4.97. The van der Waals surface area contributed by atoms with E-state index in [0.29, 0.717) is 9.50 Å². The van der Waals surface area contributed by atoms with Crippen LogP contribution in [0.25, 0.3) is 11.1 Å². The normalized spacial score (nSPS) is 10.4. The van der Waals surface area contributed by atoms with E-state index >= 15 is 0 Å². The largest absolute Gasteiger partial charge is 0.478 e. The molecule has 0 unspecified atom stereocenters. The summed E-state index contributed by atoms with van der Waals surface area (Å²) in [6.45, 7) is 0. The van der Waals surface area contributed by atoms with Crippen LogP contribution in [-0.2, 0) is 0 Å². The Labute approximate surface area is 116 Å². The van der Waals surface area contributed by atoms with E-state index in [1.807, 2.05) is 0 Å². The zero-order chi connectivity index (χ0) is 13.3. The topological polar surface area (TPSA) is 37.3 Å². The van der Waals surface area contributed by atoms with E-state index in [-0.39, 0.29) is 16.7 Å². The lowest BCUT2D eigenvalue weighted by Crippen LogP contribution is -2.00. The molecule has 0 radical (unpaired) electrons. The van der Waals surface area contributed by atoms with Gasteiger partial charge in [0.15, 0.2) is 0 Å². The Kier molecular flexibility index (Phi) is 3.68. The van der Waals surface area contributed by atoms with Crippen LogP contribution in [0.1, 0.15) is 10.4 Å². The number of benzene rings is 2. The average Bonchev–Trinajstić information content (AvgIpc) is 2.31. The van der Waals surface area contributed by atoms with Crippen molar-refractivity contribution in [3.63, 3.8) is 0 Å². The molecule has 2 nitrogen and oxygen atoms in total. The Morgan fingerprint density at radius 3 is 2.56 bits per heavy atom. The van der Waals surface area contributed by atoms with Crippen LogP contribution >= 0.6 is 27.5 Å². The van der Waals surface area contributed by atoms with E-state index in [1.165, 1.54) is 30.3 Å². The van der Waals surface area contributed by atoms with Crippen molar-refractivity contribution < 1.29 is 14.3 Å². The second-order valence-electron chi connectivity index (χ2n) is 3.62. The van der Waals surface area contributed by atoms with Crippen LogP contribution < -0.4 is 0 Å². The maximum absolute atomic E-state index is 13.8. The number of hydrogen-bond donors (Lipinski definition) is 1. The Hall–Kier alpha value is -1.39. The van der Waals surface area contributed by atoms with E-state index in [9.17, 15) is 9.18 Å². The Balaban J connectivity index is 2.73. The molecule has 0 aliphatic carbocycles. The molecule has 0 saturated heterocycles. The fraction of sp³-hybridized carbons (Fsp3) is 0. The SMILES string of the molecule is O=C(O)c1ccc(Cl)cc1-c1cc(Br)ccc1F. The van der Waals surface area contributed by atoms with Gasteiger partial charge in [-0.15, -0.1) is 0 Å². The van der Waals surface area contributed by atoms with Crippen molar-refractivity contribution in [2.24, 2.45) is 0 Å². The Bertz CT molecular complexity index is 628. The average molecular weight is 330 g/mol. The lowest BCUT2D eigenvalue weighted by Gasteiger charge is -2.08. The predicted octanol–water partition coefficient (Wildman–Crippen LogP) is 4.61. The van der Waals surface area contributed by atoms with Crippen molar-refractivity contribution in [3.8, 4) is 11.1 Å². The minimum absolute atomic E-state index is 0.0106. The van der Waals surface area contributed by atoms with E-state index in [4.69, 9.17) is 16.7 Å². The molecule has 5 heteroatoms. The van der Waals surface area contributed by atoms with Crippen molar-refractivity contribution >= 4 is 33.5 Å². The summed E-state index contributed by atoms with van der Waals surface area (Å²) in [6.07, 6.45) is 0. The zero-order valence-electron chi connectivity index (χ0n) is 8.95. The molecule has 0 saturated carbocycles. The van der Waals surface area contributed by atoms with Crippen molar-refractivity contribution in [1.82, 2.24) is 0 Å². The third-order valence-electron chi connectivity index (χ3n) is 2.43. The van der Waals surface area contributed by atoms with Crippen molar-refractivity contribution in [2.45, 2.75) is 0 Å². The van der Waals surface area contributed by atoms with Gasteiger partial charge in [-0.1, -0.05) is 27.5 Å². The van der Waals surface area contributed by atoms with Gasteiger partial charge in [0.1, 0.15) is 5.82 Å². The third-order valence-corrected chi connectivity index (χ3v) is 3.16. The summed E-state index contributed by atoms with van der Waals surface area (Å²) in [6, 6.07) is 8.60. The third kappa shape index (κ3) is 2.54. The highest BCUT2D eigenvalue weighted by atomic mass is 79.9. The minimum Gasteiger partial charge on any atom is -0.478 e. The molecule has 1 N–H and O–H groups in total. The highest BCUT2D eigenvalue weighted by molar-refractivity contribution is 9.10. The second kappa shape index (κ2) is 5.08. The number of carboxylic acid groups (broad SMARTS) is 1. The van der Waals surface area contributed by atoms with Gasteiger partial charge in [-0.25, -0.2) is 9.18 Å². The summed E-state index contributed by atoms with van der Waals surface area (Å²) in [5.74, 6) is -1.62. The predicted molar refractivity (Wildman–Crippen MR) is 71.5 cm³/mol. The summed E-state index contributed by atoms with van der Waals surface area (Å²) in [5.41, 5.74) is 0.467. The maximum Gasteiger partial charge on any atom is 0.336 e. The molecule has 0 spiro atoms. The quantitative estimate of drug-likeness (QED) is 0.874. The fourth-order valence-corrected chi connectivity index (χ4v) is 2.16. The molecular formula is C13H7BrClFO2. The zero-order valence-corrected chi connectivity index (χ0v) is 11.3. The molecule has 2 rings (SSSR count). The van der Waals surface area contributed by atoms with Gasteiger partial charge < -0.3 is 5.11 Å². The van der Waals surface area contributed by atoms with Gasteiger partial charge in [-0.3, -0.25) is 0 Å². The Morgan fingerprint density at radius 1 is 1.17 bits per heavy atom. The van der Waals surface area contributed by atoms with Crippen LogP contribution in [0.2, 0.25) is 5.02 Å². The second-order valence-corrected chi connectivity index (χ2v) is 4.97. The summed E-state index contributed by atoms with van der Waals surface area (Å²) in [5, 5.41) is 9.46. The lowest BCUT2D eigenvalue weighted by atomic mass is 9.99. The standard InChI is InChI=1S/C13H7BrClFO2/c14-7-1-4-12(16)11(5-7)10-6-8(15)2-3-9(10)13(17)18/h1-6H,(H,17,18). The minimum atomic E-state index is -1.12. The van der Waals surface area contributed by atoms with Crippen LogP contribution in [0.5, 0.6) is 0 Å². The van der Waals surface area contributed by atoms with Crippen molar-refractivity contribution in [3.05, 3.63) is 57.3 Å². The van der Waals surface area contributed by atoms with Gasteiger partial charge in [0.2, 0.25) is 0 Å². The molecule has 0 heterocycles. The molecule has 0 aliphatic rings. The van der Waals surface area contributed by atoms with Gasteiger partial charge >= 0.3 is 5.97 Å². The van der Waals surface area contributed by atoms with Crippen LogP contribution in [0.15, 0.2) is 40.9 Å². The van der Waals surface area contributed by atoms with Crippen LogP contribution in [0.4, 0.5) is 4.39 Å². The van der Waals surface area contributed by atoms with E-state index in [0.717, 1.165) is 0 Å². The highest BCUT2D eigenvalue weighted by Crippen LogP contribution is 2.31. The van der Waals surface area contributed by atoms with E-state index in [2.05, 4.69) is 15.9 Å². The number of carboxylic acids is 1. The summed E-state index contributed by atoms with van der Waals surface area (Å²) >= 11 is 9.06. The molecule has 0 atom stereocenters. The first-order chi connectivity index (χ1) is 8.49. The smallest absolute Gasteiger partial charge is 0.336 e. The molecule has 0 aliphatic heterocycles. The van der Waals surface area contributed by atoms with Crippen LogP contribution in [0, 0.1) is 5.82 Å². The van der Waals surface area contributed by atoms with E-state index in [1.54, 1.807) is 6.07 Å². The summed E-state index contributed by atoms with van der Waals surface area (Å²) < 4.78 is 14.4. The maximum atomic E-state index is 13.8. The monoisotopic (exact) mass is 328 g/mol. The fourth-order valence-electron chi connectivity index (χ4n) is 1.63. The van der Waals surface area contributed by atoms with Crippen molar-refractivity contribution in [2.75, 3.05) is 0 Å². The highest BCUT2D eigenvalue weighted by Gasteiger charge is 2.15. The Morgan fingerprint density at radius 2 is 1.89 bits per heavy atom. The number of aromatic carboxylic acids is 1. The van der Waals surface area contributed by atoms with Gasteiger partial charge in [0.05, 0.1) is 5.56 Å². The first-order valence-corrected chi connectivity index (χ1v) is 6.14. The number of rotatable bonds is 2. The molecule has 0 amide bonds.